The van der Waals surface area contributed by atoms with Crippen LogP contribution in [0.1, 0.15) is 77.8 Å². The van der Waals surface area contributed by atoms with Crippen LogP contribution in [0.3, 0.4) is 0 Å². The molecule has 0 saturated carbocycles. The third-order valence-corrected chi connectivity index (χ3v) is 7.03. The normalized spacial score (nSPS) is 15.9. The Hall–Kier alpha value is -2.85. The molecule has 186 valence electrons. The van der Waals surface area contributed by atoms with E-state index in [2.05, 4.69) is 109 Å². The lowest BCUT2D eigenvalue weighted by atomic mass is 10.1. The van der Waals surface area contributed by atoms with Crippen LogP contribution < -0.4 is 19.5 Å². The molecule has 35 heavy (non-hydrogen) atoms. The van der Waals surface area contributed by atoms with Gasteiger partial charge in [-0.05, 0) is 69.8 Å². The predicted molar refractivity (Wildman–Crippen MR) is 148 cm³/mol. The van der Waals surface area contributed by atoms with Crippen LogP contribution in [0, 0.1) is 0 Å². The van der Waals surface area contributed by atoms with E-state index in [1.807, 2.05) is 0 Å². The van der Waals surface area contributed by atoms with E-state index in [0.717, 1.165) is 43.3 Å². The molecule has 0 radical (unpaired) electrons. The summed E-state index contributed by atoms with van der Waals surface area (Å²) < 4.78 is 8.79. The maximum atomic E-state index is 6.38. The van der Waals surface area contributed by atoms with Crippen molar-refractivity contribution in [2.75, 3.05) is 18.0 Å². The van der Waals surface area contributed by atoms with Gasteiger partial charge in [0.25, 0.3) is 0 Å². The van der Waals surface area contributed by atoms with Crippen molar-refractivity contribution in [2.45, 2.75) is 78.3 Å². The molecule has 0 fully saturated rings. The first-order chi connectivity index (χ1) is 17.1. The summed E-state index contributed by atoms with van der Waals surface area (Å²) in [5.41, 5.74) is 3.64. The summed E-state index contributed by atoms with van der Waals surface area (Å²) in [7, 11) is 0. The second kappa shape index (κ2) is 12.2. The number of aromatic nitrogens is 1. The highest BCUT2D eigenvalue weighted by molar-refractivity contribution is 5.87. The lowest BCUT2D eigenvalue weighted by molar-refractivity contribution is -0.695. The summed E-state index contributed by atoms with van der Waals surface area (Å²) in [5, 5.41) is 4.92. The number of rotatable bonds is 12. The van der Waals surface area contributed by atoms with Crippen LogP contribution in [0.4, 0.5) is 5.69 Å². The fourth-order valence-electron chi connectivity index (χ4n) is 5.14. The van der Waals surface area contributed by atoms with E-state index in [1.165, 1.54) is 42.1 Å². The van der Waals surface area contributed by atoms with Gasteiger partial charge in [0.2, 0.25) is 11.4 Å². The number of ether oxygens (including phenoxy) is 1. The molecular weight excluding hydrogens is 430 g/mol. The van der Waals surface area contributed by atoms with Crippen molar-refractivity contribution < 1.29 is 9.30 Å². The number of unbranched alkanes of at least 4 members (excludes halogenated alkanes) is 1. The van der Waals surface area contributed by atoms with Gasteiger partial charge in [-0.25, -0.2) is 0 Å². The van der Waals surface area contributed by atoms with E-state index in [-0.39, 0.29) is 0 Å². The average Bonchev–Trinajstić information content (AvgIpc) is 3.21. The molecule has 0 spiro atoms. The Balaban J connectivity index is 1.56. The van der Waals surface area contributed by atoms with E-state index in [0.29, 0.717) is 12.1 Å². The van der Waals surface area contributed by atoms with E-state index >= 15 is 0 Å². The summed E-state index contributed by atoms with van der Waals surface area (Å²) in [6, 6.07) is 20.4. The second-order valence-electron chi connectivity index (χ2n) is 9.89. The zero-order chi connectivity index (χ0) is 24.6. The van der Waals surface area contributed by atoms with Gasteiger partial charge < -0.3 is 15.0 Å². The van der Waals surface area contributed by atoms with E-state index in [9.17, 15) is 0 Å². The van der Waals surface area contributed by atoms with E-state index in [1.54, 1.807) is 0 Å². The molecule has 4 heteroatoms. The number of fused-ring (bicyclic) bond motifs is 2. The van der Waals surface area contributed by atoms with Crippen LogP contribution in [-0.4, -0.2) is 19.1 Å². The average molecular weight is 473 g/mol. The molecule has 1 aromatic heterocycles. The van der Waals surface area contributed by atoms with Gasteiger partial charge in [-0.15, -0.1) is 0 Å². The standard InChI is InChI=1S/C31H42N3O/c1-5-13-24(3)32-20-11-12-21-34-29-17-9-10-18-30(29)35-31(34)23-26-19-22-33(25(4)14-6-2)28-16-8-7-15-27(26)28/h7-10,15-19,22-25,32H,5-6,11-14,20-21H2,1-4H3/q+1. The van der Waals surface area contributed by atoms with Crippen molar-refractivity contribution in [1.29, 1.82) is 0 Å². The smallest absolute Gasteiger partial charge is 0.213 e. The Bertz CT molecular complexity index is 1140. The van der Waals surface area contributed by atoms with Gasteiger partial charge >= 0.3 is 0 Å². The molecule has 3 aromatic rings. The molecule has 4 nitrogen and oxygen atoms in total. The third-order valence-electron chi connectivity index (χ3n) is 7.03. The Kier molecular flexibility index (Phi) is 8.81. The van der Waals surface area contributed by atoms with Crippen molar-refractivity contribution in [3.05, 3.63) is 72.2 Å². The topological polar surface area (TPSA) is 28.4 Å². The largest absolute Gasteiger partial charge is 0.439 e. The molecular formula is C31H42N3O+. The monoisotopic (exact) mass is 472 g/mol. The SMILES string of the molecule is CCCC(C)NCCCCN1/C(=C/c2cc[n+](C(C)CCC)c3ccccc23)Oc2ccccc21. The number of benzene rings is 2. The van der Waals surface area contributed by atoms with Gasteiger partial charge in [0.15, 0.2) is 18.0 Å². The maximum Gasteiger partial charge on any atom is 0.213 e. The lowest BCUT2D eigenvalue weighted by Gasteiger charge is -2.19. The van der Waals surface area contributed by atoms with Gasteiger partial charge in [-0.3, -0.25) is 0 Å². The number of nitrogens with one attached hydrogen (secondary N) is 1. The molecule has 1 aliphatic heterocycles. The quantitative estimate of drug-likeness (QED) is 0.222. The first-order valence-corrected chi connectivity index (χ1v) is 13.5. The number of anilines is 1. The van der Waals surface area contributed by atoms with Gasteiger partial charge in [0.1, 0.15) is 0 Å². The highest BCUT2D eigenvalue weighted by Gasteiger charge is 2.26. The number of hydrogen-bond acceptors (Lipinski definition) is 3. The fraction of sp³-hybridized carbons (Fsp3) is 0.452. The number of nitrogens with zero attached hydrogens (tertiary/aromatic N) is 2. The van der Waals surface area contributed by atoms with Crippen molar-refractivity contribution >= 4 is 22.7 Å². The van der Waals surface area contributed by atoms with Crippen LogP contribution >= 0.6 is 0 Å². The summed E-state index contributed by atoms with van der Waals surface area (Å²) in [5.74, 6) is 1.86. The maximum absolute atomic E-state index is 6.38. The Morgan fingerprint density at radius 1 is 0.943 bits per heavy atom. The molecule has 2 unspecified atom stereocenters. The Morgan fingerprint density at radius 3 is 2.54 bits per heavy atom. The number of hydrogen-bond donors (Lipinski definition) is 1. The molecule has 0 aliphatic carbocycles. The second-order valence-corrected chi connectivity index (χ2v) is 9.89. The summed E-state index contributed by atoms with van der Waals surface area (Å²) in [6.45, 7) is 11.1. The van der Waals surface area contributed by atoms with Crippen molar-refractivity contribution in [1.82, 2.24) is 5.32 Å². The molecule has 2 atom stereocenters. The lowest BCUT2D eigenvalue weighted by Crippen LogP contribution is -2.38. The van der Waals surface area contributed by atoms with Gasteiger partial charge in [0.05, 0.1) is 11.1 Å². The molecule has 4 rings (SSSR count). The minimum atomic E-state index is 0.476. The number of para-hydroxylation sites is 3. The highest BCUT2D eigenvalue weighted by Crippen LogP contribution is 2.39. The predicted octanol–water partition coefficient (Wildman–Crippen LogP) is 7.24. The summed E-state index contributed by atoms with van der Waals surface area (Å²) in [6.07, 6.45) is 11.6. The van der Waals surface area contributed by atoms with E-state index < -0.39 is 0 Å². The molecule has 0 bridgehead atoms. The first kappa shape index (κ1) is 25.2. The first-order valence-electron chi connectivity index (χ1n) is 13.5. The van der Waals surface area contributed by atoms with Crippen molar-refractivity contribution in [3.63, 3.8) is 0 Å². The minimum absolute atomic E-state index is 0.476. The molecule has 0 saturated heterocycles. The van der Waals surface area contributed by atoms with Crippen LogP contribution in [0.5, 0.6) is 5.75 Å². The Morgan fingerprint density at radius 2 is 1.71 bits per heavy atom. The molecule has 0 amide bonds. The number of pyridine rings is 1. The van der Waals surface area contributed by atoms with Crippen LogP contribution in [0.2, 0.25) is 0 Å². The molecule has 1 aliphatic rings. The van der Waals surface area contributed by atoms with Gasteiger partial charge in [-0.1, -0.05) is 44.5 Å². The zero-order valence-corrected chi connectivity index (χ0v) is 22.0. The minimum Gasteiger partial charge on any atom is -0.439 e. The van der Waals surface area contributed by atoms with Crippen LogP contribution in [0.25, 0.3) is 17.0 Å². The molecule has 2 heterocycles. The molecule has 2 aromatic carbocycles. The zero-order valence-electron chi connectivity index (χ0n) is 22.0. The third kappa shape index (κ3) is 6.05. The van der Waals surface area contributed by atoms with Crippen LogP contribution in [-0.2, 0) is 0 Å². The Labute approximate surface area is 211 Å². The summed E-state index contributed by atoms with van der Waals surface area (Å²) >= 11 is 0. The van der Waals surface area contributed by atoms with Crippen molar-refractivity contribution in [2.24, 2.45) is 0 Å². The highest BCUT2D eigenvalue weighted by atomic mass is 16.5. The molecule has 1 N–H and O–H groups in total. The van der Waals surface area contributed by atoms with Gasteiger partial charge in [-0.2, -0.15) is 4.57 Å². The van der Waals surface area contributed by atoms with Crippen molar-refractivity contribution in [3.8, 4) is 5.75 Å². The fourth-order valence-corrected chi connectivity index (χ4v) is 5.14. The van der Waals surface area contributed by atoms with E-state index in [4.69, 9.17) is 4.74 Å². The van der Waals surface area contributed by atoms with Gasteiger partial charge in [0, 0.05) is 37.2 Å². The van der Waals surface area contributed by atoms with Crippen LogP contribution in [0.15, 0.2) is 66.7 Å². The summed E-state index contributed by atoms with van der Waals surface area (Å²) in [4.78, 5) is 2.35.